The van der Waals surface area contributed by atoms with Gasteiger partial charge in [0.1, 0.15) is 5.75 Å². The minimum atomic E-state index is -0.258. The zero-order valence-electron chi connectivity index (χ0n) is 18.2. The van der Waals surface area contributed by atoms with Crippen LogP contribution in [0.1, 0.15) is 27.9 Å². The van der Waals surface area contributed by atoms with Crippen LogP contribution in [0.25, 0.3) is 0 Å². The van der Waals surface area contributed by atoms with E-state index in [0.717, 1.165) is 17.5 Å². The van der Waals surface area contributed by atoms with Gasteiger partial charge < -0.3 is 4.74 Å². The molecule has 0 aromatic heterocycles. The van der Waals surface area contributed by atoms with Gasteiger partial charge in [0.15, 0.2) is 12.4 Å². The number of benzene rings is 2. The monoisotopic (exact) mass is 427 g/mol. The summed E-state index contributed by atoms with van der Waals surface area (Å²) >= 11 is 0. The fourth-order valence-corrected chi connectivity index (χ4v) is 6.10. The van der Waals surface area contributed by atoms with Crippen molar-refractivity contribution in [1.82, 2.24) is 0 Å². The van der Waals surface area contributed by atoms with Crippen molar-refractivity contribution in [3.05, 3.63) is 71.3 Å². The van der Waals surface area contributed by atoms with Gasteiger partial charge in [-0.05, 0) is 73.3 Å². The summed E-state index contributed by atoms with van der Waals surface area (Å²) in [6, 6.07) is 12.6. The lowest BCUT2D eigenvalue weighted by atomic mass is 9.63. The Labute approximate surface area is 187 Å². The van der Waals surface area contributed by atoms with E-state index in [-0.39, 0.29) is 47.9 Å². The number of anilines is 1. The number of hydrogen-bond donors (Lipinski definition) is 0. The molecule has 0 unspecified atom stereocenters. The fraction of sp³-hybridized carbons (Fsp3) is 0.370. The Hall–Kier alpha value is -3.21. The maximum Gasteiger partial charge on any atom is 0.238 e. The predicted octanol–water partition coefficient (Wildman–Crippen LogP) is 4.12. The molecular weight excluding hydrogens is 402 g/mol. The third-order valence-corrected chi connectivity index (χ3v) is 7.96. The number of amides is 2. The van der Waals surface area contributed by atoms with E-state index < -0.39 is 0 Å². The van der Waals surface area contributed by atoms with Gasteiger partial charge in [-0.25, -0.2) is 4.90 Å². The van der Waals surface area contributed by atoms with E-state index in [4.69, 9.17) is 4.74 Å². The second-order valence-electron chi connectivity index (χ2n) is 9.65. The molecule has 3 fully saturated rings. The van der Waals surface area contributed by atoms with E-state index in [0.29, 0.717) is 28.8 Å². The highest BCUT2D eigenvalue weighted by atomic mass is 16.5. The van der Waals surface area contributed by atoms with Crippen molar-refractivity contribution in [3.8, 4) is 5.75 Å². The largest absolute Gasteiger partial charge is 0.483 e. The number of imide groups is 1. The summed E-state index contributed by atoms with van der Waals surface area (Å²) in [5.41, 5.74) is 3.21. The topological polar surface area (TPSA) is 63.7 Å². The Morgan fingerprint density at radius 1 is 0.938 bits per heavy atom. The highest BCUT2D eigenvalue weighted by Crippen LogP contribution is 2.65. The van der Waals surface area contributed by atoms with Crippen LogP contribution < -0.4 is 9.64 Å². The van der Waals surface area contributed by atoms with Crippen molar-refractivity contribution in [2.45, 2.75) is 20.3 Å². The molecular formula is C27H25NO4. The maximum atomic E-state index is 13.4. The second kappa shape index (κ2) is 6.89. The molecule has 2 aromatic carbocycles. The van der Waals surface area contributed by atoms with Gasteiger partial charge in [0, 0.05) is 5.56 Å². The molecule has 5 nitrogen and oxygen atoms in total. The Kier molecular flexibility index (Phi) is 4.19. The lowest BCUT2D eigenvalue weighted by Crippen LogP contribution is -2.40. The Balaban J connectivity index is 1.25. The number of carbonyl (C=O) groups excluding carboxylic acids is 3. The van der Waals surface area contributed by atoms with E-state index >= 15 is 0 Å². The number of ketones is 1. The van der Waals surface area contributed by atoms with Crippen molar-refractivity contribution < 1.29 is 19.1 Å². The molecule has 6 atom stereocenters. The third-order valence-electron chi connectivity index (χ3n) is 7.96. The van der Waals surface area contributed by atoms with Crippen LogP contribution in [0, 0.1) is 49.4 Å². The van der Waals surface area contributed by atoms with E-state index in [9.17, 15) is 14.4 Å². The number of nitrogens with zero attached hydrogens (tertiary/aromatic N) is 1. The summed E-state index contributed by atoms with van der Waals surface area (Å²) in [5.74, 6) is 0.954. The summed E-state index contributed by atoms with van der Waals surface area (Å²) in [6.07, 6.45) is 5.47. The summed E-state index contributed by atoms with van der Waals surface area (Å²) in [5, 5.41) is 0. The van der Waals surface area contributed by atoms with Crippen LogP contribution in [-0.2, 0) is 9.59 Å². The zero-order valence-corrected chi connectivity index (χ0v) is 18.2. The van der Waals surface area contributed by atoms with Crippen LogP contribution in [0.3, 0.4) is 0 Å². The molecule has 0 N–H and O–H groups in total. The molecule has 1 heterocycles. The van der Waals surface area contributed by atoms with Crippen LogP contribution in [0.15, 0.2) is 54.6 Å². The molecule has 5 aliphatic rings. The number of para-hydroxylation sites is 2. The molecule has 2 bridgehead atoms. The molecule has 1 saturated heterocycles. The highest BCUT2D eigenvalue weighted by Gasteiger charge is 2.67. The predicted molar refractivity (Wildman–Crippen MR) is 119 cm³/mol. The minimum Gasteiger partial charge on any atom is -0.483 e. The van der Waals surface area contributed by atoms with Crippen molar-refractivity contribution in [2.24, 2.45) is 35.5 Å². The molecule has 0 spiro atoms. The van der Waals surface area contributed by atoms with E-state index in [2.05, 4.69) is 12.2 Å². The van der Waals surface area contributed by atoms with Crippen LogP contribution in [0.4, 0.5) is 5.69 Å². The highest BCUT2D eigenvalue weighted by molar-refractivity contribution is 6.23. The first-order valence-electron chi connectivity index (χ1n) is 11.3. The normalized spacial score (nSPS) is 31.5. The lowest BCUT2D eigenvalue weighted by molar-refractivity contribution is -0.124. The van der Waals surface area contributed by atoms with Crippen LogP contribution in [0.2, 0.25) is 0 Å². The second-order valence-corrected chi connectivity index (χ2v) is 9.65. The van der Waals surface area contributed by atoms with Gasteiger partial charge in [-0.3, -0.25) is 14.4 Å². The molecule has 2 aromatic rings. The molecule has 2 amide bonds. The number of ether oxygens (including phenoxy) is 1. The number of allylic oxidation sites excluding steroid dienone is 2. The molecule has 2 saturated carbocycles. The van der Waals surface area contributed by atoms with Gasteiger partial charge in [-0.2, -0.15) is 0 Å². The van der Waals surface area contributed by atoms with Gasteiger partial charge in [0.25, 0.3) is 0 Å². The average molecular weight is 428 g/mol. The van der Waals surface area contributed by atoms with Crippen LogP contribution in [-0.4, -0.2) is 24.2 Å². The quantitative estimate of drug-likeness (QED) is 0.409. The fourth-order valence-electron chi connectivity index (χ4n) is 6.10. The van der Waals surface area contributed by atoms with Crippen molar-refractivity contribution >= 4 is 23.3 Å². The van der Waals surface area contributed by atoms with E-state index in [1.54, 1.807) is 30.3 Å². The molecule has 32 heavy (non-hydrogen) atoms. The van der Waals surface area contributed by atoms with Gasteiger partial charge in [0.05, 0.1) is 17.5 Å². The van der Waals surface area contributed by atoms with E-state index in [1.807, 2.05) is 26.0 Å². The molecule has 0 radical (unpaired) electrons. The smallest absolute Gasteiger partial charge is 0.238 e. The number of aryl methyl sites for hydroxylation is 2. The number of hydrogen-bond acceptors (Lipinski definition) is 4. The summed E-state index contributed by atoms with van der Waals surface area (Å²) in [7, 11) is 0. The Bertz CT molecular complexity index is 1160. The first-order chi connectivity index (χ1) is 15.5. The molecule has 7 rings (SSSR count). The third kappa shape index (κ3) is 2.73. The Morgan fingerprint density at radius 3 is 2.25 bits per heavy atom. The molecule has 5 heteroatoms. The van der Waals surface area contributed by atoms with Gasteiger partial charge in [-0.1, -0.05) is 36.4 Å². The lowest BCUT2D eigenvalue weighted by Gasteiger charge is -2.37. The van der Waals surface area contributed by atoms with Crippen molar-refractivity contribution in [1.29, 1.82) is 0 Å². The number of carbonyl (C=O) groups is 3. The van der Waals surface area contributed by atoms with Gasteiger partial charge >= 0.3 is 0 Å². The maximum absolute atomic E-state index is 13.4. The summed E-state index contributed by atoms with van der Waals surface area (Å²) in [4.78, 5) is 40.9. The molecule has 1 aliphatic heterocycles. The molecule has 162 valence electrons. The SMILES string of the molecule is Cc1ccc(C(=O)COc2ccccc2N2C(=O)[C@@H]3[C@@H]4C=C[C@H]([C@H]5C[C@@H]45)[C@@H]3C2=O)cc1C. The summed E-state index contributed by atoms with van der Waals surface area (Å²) in [6.45, 7) is 3.82. The van der Waals surface area contributed by atoms with Gasteiger partial charge in [0.2, 0.25) is 11.8 Å². The average Bonchev–Trinajstić information content (AvgIpc) is 3.58. The number of rotatable bonds is 5. The Morgan fingerprint density at radius 2 is 1.59 bits per heavy atom. The minimum absolute atomic E-state index is 0.124. The van der Waals surface area contributed by atoms with Crippen LogP contribution >= 0.6 is 0 Å². The number of Topliss-reactive ketones (excluding diaryl/α,β-unsaturated/α-hetero) is 1. The van der Waals surface area contributed by atoms with Crippen molar-refractivity contribution in [2.75, 3.05) is 11.5 Å². The summed E-state index contributed by atoms with van der Waals surface area (Å²) < 4.78 is 5.87. The van der Waals surface area contributed by atoms with Crippen LogP contribution in [0.5, 0.6) is 5.75 Å². The first kappa shape index (κ1) is 19.5. The van der Waals surface area contributed by atoms with E-state index in [1.165, 1.54) is 4.90 Å². The standard InChI is InChI=1S/C27H25NO4/c1-14-7-8-16(11-15(14)2)22(29)13-32-23-6-4-3-5-21(23)28-26(30)24-17-9-10-18(20-12-19(17)20)25(24)27(28)31/h3-11,17-20,24-25H,12-13H2,1-2H3/t17-,18-,19-,20+,24+,25-/m1/s1. The van der Waals surface area contributed by atoms with Gasteiger partial charge in [-0.15, -0.1) is 0 Å². The molecule has 4 aliphatic carbocycles. The zero-order chi connectivity index (χ0) is 22.1. The first-order valence-corrected chi connectivity index (χ1v) is 11.3. The van der Waals surface area contributed by atoms with Crippen molar-refractivity contribution in [3.63, 3.8) is 0 Å².